The minimum atomic E-state index is -1.63. The highest BCUT2D eigenvalue weighted by atomic mass is 19.1. The number of aromatic nitrogens is 1. The number of halogens is 3. The molecule has 29 heavy (non-hydrogen) atoms. The second kappa shape index (κ2) is 5.44. The second-order valence-electron chi connectivity index (χ2n) is 8.65. The number of nitrogens with zero attached hydrogens (tertiary/aromatic N) is 2. The lowest BCUT2D eigenvalue weighted by Crippen LogP contribution is -2.73. The van der Waals surface area contributed by atoms with Crippen molar-refractivity contribution in [1.29, 1.82) is 0 Å². The van der Waals surface area contributed by atoms with Crippen molar-refractivity contribution in [1.82, 2.24) is 4.57 Å². The standard InChI is InChI=1S/C19H19F3N4O3/c20-11-13(23)10-14(26(8-1-2-8)3-9(16(10)27)17(28)29)12(21)15(11)25-6-18(22)4-19(24,5-18)7-25/h3,8H,1-2,4-7,23-24H2,(H,28,29). The predicted molar refractivity (Wildman–Crippen MR) is 100.0 cm³/mol. The Morgan fingerprint density at radius 3 is 2.41 bits per heavy atom. The summed E-state index contributed by atoms with van der Waals surface area (Å²) in [6.45, 7) is -0.177. The van der Waals surface area contributed by atoms with Crippen LogP contribution in [0.5, 0.6) is 0 Å². The van der Waals surface area contributed by atoms with Crippen molar-refractivity contribution in [3.63, 3.8) is 0 Å². The van der Waals surface area contributed by atoms with E-state index in [1.54, 1.807) is 0 Å². The molecular formula is C19H19F3N4O3. The summed E-state index contributed by atoms with van der Waals surface area (Å²) < 4.78 is 46.8. The molecule has 2 bridgehead atoms. The molecule has 3 heterocycles. The Kier molecular flexibility index (Phi) is 3.43. The molecule has 0 unspecified atom stereocenters. The maximum absolute atomic E-state index is 15.6. The molecule has 2 saturated carbocycles. The number of fused-ring (bicyclic) bond motifs is 3. The van der Waals surface area contributed by atoms with Gasteiger partial charge in [-0.1, -0.05) is 0 Å². The van der Waals surface area contributed by atoms with E-state index in [2.05, 4.69) is 0 Å². The van der Waals surface area contributed by atoms with E-state index < -0.39 is 56.6 Å². The van der Waals surface area contributed by atoms with E-state index in [0.717, 1.165) is 6.20 Å². The molecule has 1 aromatic carbocycles. The summed E-state index contributed by atoms with van der Waals surface area (Å²) >= 11 is 0. The molecule has 2 aliphatic heterocycles. The summed E-state index contributed by atoms with van der Waals surface area (Å²) in [5.74, 6) is -3.76. The summed E-state index contributed by atoms with van der Waals surface area (Å²) in [7, 11) is 0. The SMILES string of the molecule is Nc1c(F)c(N2CC3(N)CC(F)(C2)C3)c(F)c2c1c(=O)c(C(=O)O)cn2C1CC1. The van der Waals surface area contributed by atoms with E-state index in [4.69, 9.17) is 11.5 Å². The van der Waals surface area contributed by atoms with E-state index >= 15 is 8.78 Å². The topological polar surface area (TPSA) is 115 Å². The first-order valence-corrected chi connectivity index (χ1v) is 9.35. The third-order valence-electron chi connectivity index (χ3n) is 6.17. The summed E-state index contributed by atoms with van der Waals surface area (Å²) in [6.07, 6.45) is 2.64. The number of carboxylic acids is 1. The fourth-order valence-electron chi connectivity index (χ4n) is 4.99. The molecule has 154 valence electrons. The Labute approximate surface area is 162 Å². The number of nitrogens with two attached hydrogens (primary N) is 2. The fraction of sp³-hybridized carbons (Fsp3) is 0.474. The van der Waals surface area contributed by atoms with Crippen LogP contribution < -0.4 is 21.8 Å². The number of hydrogen-bond acceptors (Lipinski definition) is 5. The average molecular weight is 408 g/mol. The van der Waals surface area contributed by atoms with Crippen molar-refractivity contribution in [2.75, 3.05) is 23.7 Å². The van der Waals surface area contributed by atoms with Gasteiger partial charge in [0.1, 0.15) is 16.9 Å². The van der Waals surface area contributed by atoms with Crippen LogP contribution in [0.25, 0.3) is 10.9 Å². The van der Waals surface area contributed by atoms with Gasteiger partial charge in [0.05, 0.1) is 23.1 Å². The number of benzene rings is 1. The lowest BCUT2D eigenvalue weighted by atomic mass is 9.63. The molecule has 0 radical (unpaired) electrons. The number of hydrogen-bond donors (Lipinski definition) is 3. The molecule has 2 aliphatic carbocycles. The van der Waals surface area contributed by atoms with Crippen molar-refractivity contribution >= 4 is 28.2 Å². The van der Waals surface area contributed by atoms with Crippen molar-refractivity contribution in [3.8, 4) is 0 Å². The molecule has 4 aliphatic rings. The van der Waals surface area contributed by atoms with E-state index in [0.29, 0.717) is 12.8 Å². The first-order chi connectivity index (χ1) is 13.5. The number of carboxylic acid groups (broad SMARTS) is 1. The van der Waals surface area contributed by atoms with Crippen LogP contribution in [0.1, 0.15) is 42.1 Å². The largest absolute Gasteiger partial charge is 0.477 e. The van der Waals surface area contributed by atoms with Crippen LogP contribution in [0.2, 0.25) is 0 Å². The van der Waals surface area contributed by atoms with Gasteiger partial charge in [-0.2, -0.15) is 0 Å². The highest BCUT2D eigenvalue weighted by Crippen LogP contribution is 2.50. The molecule has 2 saturated heterocycles. The minimum Gasteiger partial charge on any atom is -0.477 e. The number of carbonyl (C=O) groups is 1. The van der Waals surface area contributed by atoms with Crippen LogP contribution in [-0.4, -0.2) is 39.9 Å². The lowest BCUT2D eigenvalue weighted by Gasteiger charge is -2.58. The number of nitrogen functional groups attached to an aromatic ring is 1. The maximum atomic E-state index is 15.6. The molecule has 6 rings (SSSR count). The Morgan fingerprint density at radius 1 is 1.21 bits per heavy atom. The van der Waals surface area contributed by atoms with E-state index in [1.165, 1.54) is 9.47 Å². The smallest absolute Gasteiger partial charge is 0.341 e. The molecule has 0 atom stereocenters. The van der Waals surface area contributed by atoms with Gasteiger partial charge in [0, 0.05) is 37.2 Å². The van der Waals surface area contributed by atoms with Crippen molar-refractivity contribution in [2.45, 2.75) is 42.9 Å². The number of pyridine rings is 1. The third-order valence-corrected chi connectivity index (χ3v) is 6.17. The molecule has 5 N–H and O–H groups in total. The van der Waals surface area contributed by atoms with Crippen LogP contribution in [0, 0.1) is 11.6 Å². The van der Waals surface area contributed by atoms with Gasteiger partial charge in [-0.05, 0) is 12.8 Å². The molecule has 10 heteroatoms. The first kappa shape index (κ1) is 18.3. The Hall–Kier alpha value is -2.75. The van der Waals surface area contributed by atoms with Gasteiger partial charge in [-0.15, -0.1) is 0 Å². The van der Waals surface area contributed by atoms with Crippen LogP contribution in [-0.2, 0) is 0 Å². The van der Waals surface area contributed by atoms with Gasteiger partial charge in [0.15, 0.2) is 11.6 Å². The van der Waals surface area contributed by atoms with E-state index in [1.807, 2.05) is 0 Å². The minimum absolute atomic E-state index is 0.0539. The zero-order valence-electron chi connectivity index (χ0n) is 15.3. The monoisotopic (exact) mass is 408 g/mol. The van der Waals surface area contributed by atoms with Crippen LogP contribution >= 0.6 is 0 Å². The van der Waals surface area contributed by atoms with Gasteiger partial charge in [0.2, 0.25) is 5.43 Å². The van der Waals surface area contributed by atoms with Gasteiger partial charge in [0.25, 0.3) is 0 Å². The zero-order valence-corrected chi connectivity index (χ0v) is 15.3. The number of rotatable bonds is 3. The zero-order chi connectivity index (χ0) is 20.9. The summed E-state index contributed by atoms with van der Waals surface area (Å²) in [5.41, 5.74) is 6.38. The molecule has 2 aromatic rings. The number of anilines is 2. The highest BCUT2D eigenvalue weighted by molar-refractivity contribution is 5.99. The van der Waals surface area contributed by atoms with Gasteiger partial charge in [-0.25, -0.2) is 18.0 Å². The highest BCUT2D eigenvalue weighted by Gasteiger charge is 2.59. The summed E-state index contributed by atoms with van der Waals surface area (Å²) in [6, 6.07) is -0.216. The van der Waals surface area contributed by atoms with Crippen molar-refractivity contribution in [3.05, 3.63) is 33.6 Å². The molecular weight excluding hydrogens is 389 g/mol. The third kappa shape index (κ3) is 2.48. The summed E-state index contributed by atoms with van der Waals surface area (Å²) in [4.78, 5) is 25.3. The van der Waals surface area contributed by atoms with Gasteiger partial charge < -0.3 is 26.0 Å². The molecule has 7 nitrogen and oxygen atoms in total. The van der Waals surface area contributed by atoms with Gasteiger partial charge >= 0.3 is 5.97 Å². The first-order valence-electron chi connectivity index (χ1n) is 9.35. The second-order valence-corrected chi connectivity index (χ2v) is 8.65. The quantitative estimate of drug-likeness (QED) is 0.669. The average Bonchev–Trinajstić information content (AvgIpc) is 3.42. The Morgan fingerprint density at radius 2 is 1.86 bits per heavy atom. The number of piperidine rings is 2. The van der Waals surface area contributed by atoms with E-state index in [9.17, 15) is 19.1 Å². The number of aromatic carboxylic acids is 1. The summed E-state index contributed by atoms with van der Waals surface area (Å²) in [5, 5.41) is 8.82. The van der Waals surface area contributed by atoms with Gasteiger partial charge in [-0.3, -0.25) is 4.79 Å². The van der Waals surface area contributed by atoms with Crippen molar-refractivity contribution < 1.29 is 23.1 Å². The molecule has 1 aromatic heterocycles. The van der Waals surface area contributed by atoms with Crippen LogP contribution in [0.15, 0.2) is 11.0 Å². The molecule has 0 amide bonds. The predicted octanol–water partition coefficient (Wildman–Crippen LogP) is 1.91. The maximum Gasteiger partial charge on any atom is 0.341 e. The normalized spacial score (nSPS) is 28.5. The molecule has 4 fully saturated rings. The Balaban J connectivity index is 1.80. The fourth-order valence-corrected chi connectivity index (χ4v) is 4.99. The van der Waals surface area contributed by atoms with Crippen molar-refractivity contribution in [2.24, 2.45) is 5.73 Å². The Bertz CT molecular complexity index is 1140. The molecule has 0 spiro atoms. The van der Waals surface area contributed by atoms with E-state index in [-0.39, 0.29) is 37.5 Å². The van der Waals surface area contributed by atoms with Crippen LogP contribution in [0.3, 0.4) is 0 Å². The van der Waals surface area contributed by atoms with Crippen LogP contribution in [0.4, 0.5) is 24.5 Å². The number of alkyl halides is 1. The lowest BCUT2D eigenvalue weighted by molar-refractivity contribution is -0.0293.